The van der Waals surface area contributed by atoms with Crippen molar-refractivity contribution in [2.75, 3.05) is 13.1 Å². The third-order valence-corrected chi connectivity index (χ3v) is 5.61. The molecular formula is C25H26N4O3. The van der Waals surface area contributed by atoms with Gasteiger partial charge in [-0.25, -0.2) is 0 Å². The highest BCUT2D eigenvalue weighted by atomic mass is 16.5. The molecule has 164 valence electrons. The average Bonchev–Trinajstić information content (AvgIpc) is 3.25. The SMILES string of the molecule is C=CC(=O)N1CCCC(n2cc(C(N)=O)c(-c3ccc(Oc4cccc(C)c4)cc3)n2)C1. The Hall–Kier alpha value is -3.87. The number of nitrogens with zero attached hydrogens (tertiary/aromatic N) is 3. The highest BCUT2D eigenvalue weighted by Gasteiger charge is 2.26. The van der Waals surface area contributed by atoms with E-state index in [9.17, 15) is 9.59 Å². The van der Waals surface area contributed by atoms with E-state index >= 15 is 0 Å². The lowest BCUT2D eigenvalue weighted by atomic mass is 10.1. The number of amides is 2. The lowest BCUT2D eigenvalue weighted by Crippen LogP contribution is -2.40. The minimum atomic E-state index is -0.541. The van der Waals surface area contributed by atoms with Crippen molar-refractivity contribution >= 4 is 11.8 Å². The van der Waals surface area contributed by atoms with E-state index < -0.39 is 5.91 Å². The second-order valence-electron chi connectivity index (χ2n) is 7.96. The first-order chi connectivity index (χ1) is 15.4. The molecule has 0 saturated carbocycles. The third kappa shape index (κ3) is 4.56. The lowest BCUT2D eigenvalue weighted by molar-refractivity contribution is -0.127. The summed E-state index contributed by atoms with van der Waals surface area (Å²) < 4.78 is 7.67. The first-order valence-electron chi connectivity index (χ1n) is 10.6. The van der Waals surface area contributed by atoms with E-state index in [4.69, 9.17) is 10.5 Å². The largest absolute Gasteiger partial charge is 0.457 e. The number of nitrogens with two attached hydrogens (primary N) is 1. The van der Waals surface area contributed by atoms with Crippen LogP contribution >= 0.6 is 0 Å². The Kier molecular flexibility index (Phi) is 6.07. The smallest absolute Gasteiger partial charge is 0.252 e. The molecule has 1 aromatic heterocycles. The van der Waals surface area contributed by atoms with Gasteiger partial charge in [0.05, 0.1) is 11.6 Å². The Balaban J connectivity index is 1.58. The first-order valence-corrected chi connectivity index (χ1v) is 10.6. The fraction of sp³-hybridized carbons (Fsp3) is 0.240. The highest BCUT2D eigenvalue weighted by molar-refractivity contribution is 5.98. The lowest BCUT2D eigenvalue weighted by Gasteiger charge is -2.32. The topological polar surface area (TPSA) is 90.5 Å². The molecule has 1 aliphatic heterocycles. The number of primary amides is 1. The summed E-state index contributed by atoms with van der Waals surface area (Å²) in [6, 6.07) is 15.2. The van der Waals surface area contributed by atoms with E-state index in [1.807, 2.05) is 55.5 Å². The summed E-state index contributed by atoms with van der Waals surface area (Å²) in [5.74, 6) is 0.809. The van der Waals surface area contributed by atoms with Crippen LogP contribution in [0.3, 0.4) is 0 Å². The number of aromatic nitrogens is 2. The molecule has 2 N–H and O–H groups in total. The number of likely N-dealkylation sites (tertiary alicyclic amines) is 1. The van der Waals surface area contributed by atoms with Crippen LogP contribution in [0.4, 0.5) is 0 Å². The molecule has 1 saturated heterocycles. The number of carbonyl (C=O) groups excluding carboxylic acids is 2. The zero-order valence-corrected chi connectivity index (χ0v) is 18.0. The molecule has 2 heterocycles. The van der Waals surface area contributed by atoms with E-state index in [-0.39, 0.29) is 11.9 Å². The van der Waals surface area contributed by atoms with Gasteiger partial charge >= 0.3 is 0 Å². The fourth-order valence-electron chi connectivity index (χ4n) is 3.97. The van der Waals surface area contributed by atoms with Gasteiger partial charge in [0.1, 0.15) is 17.2 Å². The van der Waals surface area contributed by atoms with Gasteiger partial charge < -0.3 is 15.4 Å². The molecule has 2 aromatic carbocycles. The number of ether oxygens (including phenoxy) is 1. The van der Waals surface area contributed by atoms with E-state index in [0.717, 1.165) is 29.7 Å². The molecule has 0 spiro atoms. The molecule has 1 atom stereocenters. The van der Waals surface area contributed by atoms with E-state index in [2.05, 4.69) is 11.7 Å². The zero-order chi connectivity index (χ0) is 22.7. The van der Waals surface area contributed by atoms with E-state index in [1.54, 1.807) is 15.8 Å². The molecule has 7 heteroatoms. The maximum Gasteiger partial charge on any atom is 0.252 e. The second kappa shape index (κ2) is 9.09. The Morgan fingerprint density at radius 1 is 1.19 bits per heavy atom. The minimum Gasteiger partial charge on any atom is -0.457 e. The molecule has 1 unspecified atom stereocenters. The molecule has 2 amide bonds. The van der Waals surface area contributed by atoms with Crippen LogP contribution in [-0.2, 0) is 4.79 Å². The van der Waals surface area contributed by atoms with Crippen LogP contribution in [-0.4, -0.2) is 39.6 Å². The Morgan fingerprint density at radius 2 is 1.97 bits per heavy atom. The van der Waals surface area contributed by atoms with Gasteiger partial charge in [-0.05, 0) is 67.8 Å². The van der Waals surface area contributed by atoms with Gasteiger partial charge in [0.15, 0.2) is 0 Å². The monoisotopic (exact) mass is 430 g/mol. The summed E-state index contributed by atoms with van der Waals surface area (Å²) in [6.45, 7) is 6.79. The summed E-state index contributed by atoms with van der Waals surface area (Å²) in [4.78, 5) is 25.9. The molecule has 1 aliphatic rings. The van der Waals surface area contributed by atoms with Crippen LogP contribution in [0.15, 0.2) is 67.4 Å². The van der Waals surface area contributed by atoms with Gasteiger partial charge in [-0.15, -0.1) is 0 Å². The van der Waals surface area contributed by atoms with Crippen molar-refractivity contribution in [1.82, 2.24) is 14.7 Å². The Morgan fingerprint density at radius 3 is 2.66 bits per heavy atom. The maximum atomic E-state index is 12.1. The van der Waals surface area contributed by atoms with Gasteiger partial charge in [0.25, 0.3) is 5.91 Å². The van der Waals surface area contributed by atoms with E-state index in [0.29, 0.717) is 30.1 Å². The molecule has 0 aliphatic carbocycles. The molecule has 0 bridgehead atoms. The Bertz CT molecular complexity index is 1150. The van der Waals surface area contributed by atoms with Crippen molar-refractivity contribution in [3.63, 3.8) is 0 Å². The van der Waals surface area contributed by atoms with Crippen molar-refractivity contribution in [3.05, 3.63) is 78.5 Å². The van der Waals surface area contributed by atoms with Crippen molar-refractivity contribution in [2.45, 2.75) is 25.8 Å². The minimum absolute atomic E-state index is 0.0246. The predicted molar refractivity (Wildman–Crippen MR) is 122 cm³/mol. The van der Waals surface area contributed by atoms with Gasteiger partial charge in [0, 0.05) is 24.8 Å². The number of piperidine rings is 1. The summed E-state index contributed by atoms with van der Waals surface area (Å²) in [7, 11) is 0. The predicted octanol–water partition coefficient (Wildman–Crippen LogP) is 4.10. The zero-order valence-electron chi connectivity index (χ0n) is 18.0. The van der Waals surface area contributed by atoms with Crippen LogP contribution in [0.25, 0.3) is 11.3 Å². The van der Waals surface area contributed by atoms with E-state index in [1.165, 1.54) is 6.08 Å². The normalized spacial score (nSPS) is 15.9. The number of hydrogen-bond donors (Lipinski definition) is 1. The van der Waals surface area contributed by atoms with Gasteiger partial charge in [-0.2, -0.15) is 5.10 Å². The molecule has 7 nitrogen and oxygen atoms in total. The number of benzene rings is 2. The van der Waals surface area contributed by atoms with Crippen molar-refractivity contribution in [3.8, 4) is 22.8 Å². The second-order valence-corrected chi connectivity index (χ2v) is 7.96. The third-order valence-electron chi connectivity index (χ3n) is 5.61. The number of rotatable bonds is 6. The van der Waals surface area contributed by atoms with Crippen LogP contribution in [0.1, 0.15) is 34.8 Å². The van der Waals surface area contributed by atoms with Crippen molar-refractivity contribution in [1.29, 1.82) is 0 Å². The standard InChI is InChI=1S/C25H26N4O3/c1-3-23(30)28-13-5-7-19(15-28)29-16-22(25(26)31)24(27-29)18-9-11-20(12-10-18)32-21-8-4-6-17(2)14-21/h3-4,6,8-12,14,16,19H,1,5,7,13,15H2,2H3,(H2,26,31). The van der Waals surface area contributed by atoms with Crippen LogP contribution in [0, 0.1) is 6.92 Å². The van der Waals surface area contributed by atoms with Gasteiger partial charge in [-0.1, -0.05) is 18.7 Å². The van der Waals surface area contributed by atoms with Gasteiger partial charge in [-0.3, -0.25) is 14.3 Å². The number of carbonyl (C=O) groups is 2. The first kappa shape index (κ1) is 21.4. The summed E-state index contributed by atoms with van der Waals surface area (Å²) in [5, 5.41) is 4.68. The molecular weight excluding hydrogens is 404 g/mol. The van der Waals surface area contributed by atoms with Crippen molar-refractivity contribution in [2.24, 2.45) is 5.73 Å². The summed E-state index contributed by atoms with van der Waals surface area (Å²) in [5.41, 5.74) is 8.40. The Labute approximate surface area is 187 Å². The summed E-state index contributed by atoms with van der Waals surface area (Å²) >= 11 is 0. The molecule has 0 radical (unpaired) electrons. The average molecular weight is 431 g/mol. The summed E-state index contributed by atoms with van der Waals surface area (Å²) in [6.07, 6.45) is 4.73. The van der Waals surface area contributed by atoms with Gasteiger partial charge in [0.2, 0.25) is 5.91 Å². The van der Waals surface area contributed by atoms with Crippen LogP contribution in [0.2, 0.25) is 0 Å². The number of aryl methyl sites for hydroxylation is 1. The van der Waals surface area contributed by atoms with Crippen molar-refractivity contribution < 1.29 is 14.3 Å². The highest BCUT2D eigenvalue weighted by Crippen LogP contribution is 2.29. The quantitative estimate of drug-likeness (QED) is 0.596. The molecule has 32 heavy (non-hydrogen) atoms. The maximum absolute atomic E-state index is 12.1. The molecule has 4 rings (SSSR count). The number of hydrogen-bond acceptors (Lipinski definition) is 4. The van der Waals surface area contributed by atoms with Crippen LogP contribution in [0.5, 0.6) is 11.5 Å². The van der Waals surface area contributed by atoms with Crippen LogP contribution < -0.4 is 10.5 Å². The molecule has 1 fully saturated rings. The molecule has 3 aromatic rings. The fourth-order valence-corrected chi connectivity index (χ4v) is 3.97.